The molecule has 2 rings (SSSR count). The van der Waals surface area contributed by atoms with E-state index in [4.69, 9.17) is 27.9 Å². The van der Waals surface area contributed by atoms with Crippen LogP contribution in [0.4, 0.5) is 5.69 Å². The molecule has 122 valence electrons. The molecule has 0 atom stereocenters. The van der Waals surface area contributed by atoms with Crippen LogP contribution in [0.25, 0.3) is 0 Å². The number of hydrogen-bond acceptors (Lipinski definition) is 4. The number of carbonyl (C=O) groups excluding carboxylic acids is 1. The minimum atomic E-state index is -3.65. The Hall–Kier alpha value is -1.02. The summed E-state index contributed by atoms with van der Waals surface area (Å²) in [6.45, 7) is 1.51. The van der Waals surface area contributed by atoms with Gasteiger partial charge >= 0.3 is 0 Å². The van der Waals surface area contributed by atoms with Gasteiger partial charge in [-0.25, -0.2) is 8.42 Å². The fraction of sp³-hybridized carbons (Fsp3) is 0.462. The number of amides is 1. The fourth-order valence-corrected chi connectivity index (χ4v) is 3.47. The minimum absolute atomic E-state index is 0.265. The van der Waals surface area contributed by atoms with Crippen molar-refractivity contribution in [3.05, 3.63) is 28.2 Å². The van der Waals surface area contributed by atoms with E-state index in [9.17, 15) is 13.2 Å². The highest BCUT2D eigenvalue weighted by Gasteiger charge is 2.25. The molecule has 1 aromatic rings. The molecule has 1 fully saturated rings. The number of nitrogens with zero attached hydrogens (tertiary/aromatic N) is 2. The minimum Gasteiger partial charge on any atom is -0.378 e. The normalized spacial score (nSPS) is 15.7. The highest BCUT2D eigenvalue weighted by Crippen LogP contribution is 2.27. The van der Waals surface area contributed by atoms with E-state index in [1.165, 1.54) is 18.2 Å². The van der Waals surface area contributed by atoms with Gasteiger partial charge in [0, 0.05) is 23.1 Å². The first kappa shape index (κ1) is 17.3. The largest absolute Gasteiger partial charge is 0.378 e. The molecule has 9 heteroatoms. The van der Waals surface area contributed by atoms with Gasteiger partial charge in [0.25, 0.3) is 0 Å². The quantitative estimate of drug-likeness (QED) is 0.811. The maximum absolute atomic E-state index is 12.3. The van der Waals surface area contributed by atoms with Crippen molar-refractivity contribution >= 4 is 44.8 Å². The standard InChI is InChI=1S/C13H16Cl2N2O4S/c1-22(19,20)17(12-7-10(14)6-11(15)8-12)9-13(18)16-2-4-21-5-3-16/h6-8H,2-5,9H2,1H3. The number of benzene rings is 1. The highest BCUT2D eigenvalue weighted by atomic mass is 35.5. The number of rotatable bonds is 4. The maximum Gasteiger partial charge on any atom is 0.243 e. The monoisotopic (exact) mass is 366 g/mol. The topological polar surface area (TPSA) is 66.9 Å². The van der Waals surface area contributed by atoms with E-state index in [1.807, 2.05) is 0 Å². The van der Waals surface area contributed by atoms with Gasteiger partial charge in [-0.2, -0.15) is 0 Å². The molecule has 0 unspecified atom stereocenters. The molecule has 1 heterocycles. The lowest BCUT2D eigenvalue weighted by Gasteiger charge is -2.30. The van der Waals surface area contributed by atoms with Crippen molar-refractivity contribution in [2.75, 3.05) is 43.4 Å². The van der Waals surface area contributed by atoms with Crippen molar-refractivity contribution < 1.29 is 17.9 Å². The molecular weight excluding hydrogens is 351 g/mol. The van der Waals surface area contributed by atoms with Crippen molar-refractivity contribution in [1.82, 2.24) is 4.90 Å². The predicted octanol–water partition coefficient (Wildman–Crippen LogP) is 1.62. The van der Waals surface area contributed by atoms with Crippen LogP contribution in [0.2, 0.25) is 10.0 Å². The average Bonchev–Trinajstić information content (AvgIpc) is 2.43. The van der Waals surface area contributed by atoms with Crippen LogP contribution in [-0.2, 0) is 19.6 Å². The van der Waals surface area contributed by atoms with Crippen LogP contribution in [0.1, 0.15) is 0 Å². The zero-order valence-corrected chi connectivity index (χ0v) is 14.3. The van der Waals surface area contributed by atoms with Crippen LogP contribution in [-0.4, -0.2) is 58.3 Å². The summed E-state index contributed by atoms with van der Waals surface area (Å²) in [7, 11) is -3.65. The van der Waals surface area contributed by atoms with Gasteiger partial charge in [-0.15, -0.1) is 0 Å². The molecule has 1 aliphatic rings. The molecule has 1 aromatic carbocycles. The Bertz CT molecular complexity index is 640. The SMILES string of the molecule is CS(=O)(=O)N(CC(=O)N1CCOCC1)c1cc(Cl)cc(Cl)c1. The zero-order valence-electron chi connectivity index (χ0n) is 12.0. The van der Waals surface area contributed by atoms with Crippen molar-refractivity contribution in [3.8, 4) is 0 Å². The highest BCUT2D eigenvalue weighted by molar-refractivity contribution is 7.92. The van der Waals surface area contributed by atoms with E-state index < -0.39 is 10.0 Å². The molecule has 0 N–H and O–H groups in total. The van der Waals surface area contributed by atoms with Gasteiger partial charge in [0.1, 0.15) is 6.54 Å². The summed E-state index contributed by atoms with van der Waals surface area (Å²) in [5.74, 6) is -0.287. The van der Waals surface area contributed by atoms with E-state index in [2.05, 4.69) is 0 Å². The first-order chi connectivity index (χ1) is 10.3. The third kappa shape index (κ3) is 4.49. The average molecular weight is 367 g/mol. The van der Waals surface area contributed by atoms with Gasteiger partial charge in [-0.3, -0.25) is 9.10 Å². The fourth-order valence-electron chi connectivity index (χ4n) is 2.12. The summed E-state index contributed by atoms with van der Waals surface area (Å²) in [6, 6.07) is 4.42. The van der Waals surface area contributed by atoms with E-state index in [0.29, 0.717) is 36.3 Å². The number of sulfonamides is 1. The van der Waals surface area contributed by atoms with Crippen LogP contribution in [0, 0.1) is 0 Å². The van der Waals surface area contributed by atoms with Gasteiger partial charge in [-0.05, 0) is 18.2 Å². The number of hydrogen-bond donors (Lipinski definition) is 0. The van der Waals surface area contributed by atoms with Crippen LogP contribution in [0.5, 0.6) is 0 Å². The Morgan fingerprint density at radius 2 is 1.77 bits per heavy atom. The van der Waals surface area contributed by atoms with Crippen LogP contribution in [0.3, 0.4) is 0 Å². The Balaban J connectivity index is 2.25. The van der Waals surface area contributed by atoms with E-state index in [0.717, 1.165) is 10.6 Å². The molecule has 1 amide bonds. The number of anilines is 1. The van der Waals surface area contributed by atoms with Crippen LogP contribution >= 0.6 is 23.2 Å². The molecule has 0 saturated carbocycles. The second-order valence-electron chi connectivity index (χ2n) is 4.89. The van der Waals surface area contributed by atoms with E-state index in [1.54, 1.807) is 4.90 Å². The van der Waals surface area contributed by atoms with E-state index >= 15 is 0 Å². The molecule has 0 bridgehead atoms. The molecule has 1 aliphatic heterocycles. The third-order valence-electron chi connectivity index (χ3n) is 3.18. The summed E-state index contributed by atoms with van der Waals surface area (Å²) in [5.41, 5.74) is 0.265. The Morgan fingerprint density at radius 3 is 2.27 bits per heavy atom. The Kier molecular flexibility index (Phi) is 5.55. The first-order valence-electron chi connectivity index (χ1n) is 6.57. The summed E-state index contributed by atoms with van der Waals surface area (Å²) >= 11 is 11.8. The van der Waals surface area contributed by atoms with Crippen molar-refractivity contribution in [2.45, 2.75) is 0 Å². The lowest BCUT2D eigenvalue weighted by Crippen LogP contribution is -2.47. The second kappa shape index (κ2) is 7.04. The number of morpholine rings is 1. The van der Waals surface area contributed by atoms with Gasteiger partial charge in [0.2, 0.25) is 15.9 Å². The van der Waals surface area contributed by atoms with Crippen molar-refractivity contribution in [1.29, 1.82) is 0 Å². The molecule has 1 saturated heterocycles. The number of halogens is 2. The molecule has 0 aliphatic carbocycles. The number of carbonyl (C=O) groups is 1. The van der Waals surface area contributed by atoms with Gasteiger partial charge in [0.05, 0.1) is 25.2 Å². The van der Waals surface area contributed by atoms with Gasteiger partial charge in [-0.1, -0.05) is 23.2 Å². The molecule has 0 spiro atoms. The zero-order chi connectivity index (χ0) is 16.3. The van der Waals surface area contributed by atoms with Gasteiger partial charge in [0.15, 0.2) is 0 Å². The summed E-state index contributed by atoms with van der Waals surface area (Å²) in [6.07, 6.45) is 1.04. The predicted molar refractivity (Wildman–Crippen MR) is 86.1 cm³/mol. The van der Waals surface area contributed by atoms with E-state index in [-0.39, 0.29) is 18.1 Å². The smallest absolute Gasteiger partial charge is 0.243 e. The maximum atomic E-state index is 12.3. The second-order valence-corrected chi connectivity index (χ2v) is 7.67. The summed E-state index contributed by atoms with van der Waals surface area (Å²) in [4.78, 5) is 13.9. The molecule has 6 nitrogen and oxygen atoms in total. The van der Waals surface area contributed by atoms with Crippen LogP contribution in [0.15, 0.2) is 18.2 Å². The first-order valence-corrected chi connectivity index (χ1v) is 9.17. The van der Waals surface area contributed by atoms with Crippen molar-refractivity contribution in [3.63, 3.8) is 0 Å². The lowest BCUT2D eigenvalue weighted by atomic mass is 10.3. The molecular formula is C13H16Cl2N2O4S. The number of ether oxygens (including phenoxy) is 1. The third-order valence-corrected chi connectivity index (χ3v) is 4.76. The van der Waals surface area contributed by atoms with Gasteiger partial charge < -0.3 is 9.64 Å². The molecule has 0 aromatic heterocycles. The molecule has 22 heavy (non-hydrogen) atoms. The van der Waals surface area contributed by atoms with Crippen LogP contribution < -0.4 is 4.31 Å². The summed E-state index contributed by atoms with van der Waals surface area (Å²) in [5, 5.41) is 0.602. The Labute approximate surface area is 139 Å². The molecule has 0 radical (unpaired) electrons. The Morgan fingerprint density at radius 1 is 1.23 bits per heavy atom. The van der Waals surface area contributed by atoms with Crippen molar-refractivity contribution in [2.24, 2.45) is 0 Å². The lowest BCUT2D eigenvalue weighted by molar-refractivity contribution is -0.133. The summed E-state index contributed by atoms with van der Waals surface area (Å²) < 4.78 is 30.2.